The Bertz CT molecular complexity index is 935. The molecule has 0 saturated carbocycles. The molecule has 134 valence electrons. The minimum Gasteiger partial charge on any atom is -0.456 e. The van der Waals surface area contributed by atoms with Crippen molar-refractivity contribution in [2.75, 3.05) is 6.54 Å². The first kappa shape index (κ1) is 16.7. The first-order valence-corrected chi connectivity index (χ1v) is 9.28. The van der Waals surface area contributed by atoms with Gasteiger partial charge in [-0.3, -0.25) is 9.48 Å². The lowest BCUT2D eigenvalue weighted by molar-refractivity contribution is 0.0641. The van der Waals surface area contributed by atoms with Crippen molar-refractivity contribution in [2.45, 2.75) is 33.0 Å². The van der Waals surface area contributed by atoms with Crippen LogP contribution < -0.4 is 4.74 Å². The summed E-state index contributed by atoms with van der Waals surface area (Å²) in [6.45, 7) is 5.36. The zero-order valence-electron chi connectivity index (χ0n) is 14.6. The van der Waals surface area contributed by atoms with Crippen LogP contribution in [0.4, 0.5) is 0 Å². The molecule has 0 N–H and O–H groups in total. The van der Waals surface area contributed by atoms with Gasteiger partial charge in [-0.05, 0) is 43.0 Å². The van der Waals surface area contributed by atoms with Gasteiger partial charge < -0.3 is 9.64 Å². The van der Waals surface area contributed by atoms with Gasteiger partial charge in [0, 0.05) is 18.1 Å². The Balaban J connectivity index is 1.61. The highest BCUT2D eigenvalue weighted by Gasteiger charge is 2.29. The summed E-state index contributed by atoms with van der Waals surface area (Å²) in [5.74, 6) is 0.0194. The molecule has 3 aromatic rings. The van der Waals surface area contributed by atoms with Crippen LogP contribution in [0, 0.1) is 13.8 Å². The molecule has 0 saturated heterocycles. The predicted molar refractivity (Wildman–Crippen MR) is 97.2 cm³/mol. The molecule has 1 amide bonds. The van der Waals surface area contributed by atoms with Gasteiger partial charge in [-0.15, -0.1) is 11.3 Å². The summed E-state index contributed by atoms with van der Waals surface area (Å²) in [6, 6.07) is 6.05. The van der Waals surface area contributed by atoms with Crippen molar-refractivity contribution in [3.8, 4) is 6.01 Å². The molecule has 0 aromatic carbocycles. The largest absolute Gasteiger partial charge is 0.456 e. The Kier molecular flexibility index (Phi) is 4.42. The van der Waals surface area contributed by atoms with Crippen LogP contribution in [0.25, 0.3) is 0 Å². The number of fused-ring (bicyclic) bond motifs is 1. The number of nitrogens with zero attached hydrogens (tertiary/aromatic N) is 5. The van der Waals surface area contributed by atoms with Crippen molar-refractivity contribution in [1.29, 1.82) is 0 Å². The van der Waals surface area contributed by atoms with Gasteiger partial charge in [-0.1, -0.05) is 0 Å². The summed E-state index contributed by atoms with van der Waals surface area (Å²) in [5.41, 5.74) is 2.83. The number of hydrogen-bond donors (Lipinski definition) is 0. The standard InChI is InChI=1S/C18H19N5O2S/c1-12-5-8-26-16(12)17(24)22-9-14-4-7-20-23(14)11-15(10-22)25-18-19-6-3-13(2)21-18/h3-8,15H,9-11H2,1-2H3. The first-order valence-electron chi connectivity index (χ1n) is 8.40. The molecule has 1 aliphatic heterocycles. The van der Waals surface area contributed by atoms with E-state index in [1.165, 1.54) is 11.3 Å². The molecular formula is C18H19N5O2S. The van der Waals surface area contributed by atoms with E-state index in [0.717, 1.165) is 21.8 Å². The zero-order valence-corrected chi connectivity index (χ0v) is 15.4. The summed E-state index contributed by atoms with van der Waals surface area (Å²) in [5, 5.41) is 6.30. The van der Waals surface area contributed by atoms with Crippen molar-refractivity contribution >= 4 is 17.2 Å². The van der Waals surface area contributed by atoms with Crippen molar-refractivity contribution in [3.63, 3.8) is 0 Å². The Morgan fingerprint density at radius 2 is 2.12 bits per heavy atom. The van der Waals surface area contributed by atoms with Crippen molar-refractivity contribution in [1.82, 2.24) is 24.6 Å². The van der Waals surface area contributed by atoms with Gasteiger partial charge in [0.1, 0.15) is 6.10 Å². The maximum absolute atomic E-state index is 13.0. The molecule has 3 aromatic heterocycles. The molecule has 1 atom stereocenters. The molecule has 26 heavy (non-hydrogen) atoms. The lowest BCUT2D eigenvalue weighted by atomic mass is 10.2. The maximum Gasteiger partial charge on any atom is 0.316 e. The lowest BCUT2D eigenvalue weighted by Crippen LogP contribution is -2.38. The lowest BCUT2D eigenvalue weighted by Gasteiger charge is -2.24. The second kappa shape index (κ2) is 6.87. The molecule has 8 heteroatoms. The highest BCUT2D eigenvalue weighted by Crippen LogP contribution is 2.22. The second-order valence-electron chi connectivity index (χ2n) is 6.34. The number of thiophene rings is 1. The molecule has 7 nitrogen and oxygen atoms in total. The Hall–Kier alpha value is -2.74. The van der Waals surface area contributed by atoms with Crippen LogP contribution >= 0.6 is 11.3 Å². The van der Waals surface area contributed by atoms with Crippen molar-refractivity contribution < 1.29 is 9.53 Å². The summed E-state index contributed by atoms with van der Waals surface area (Å²) in [7, 11) is 0. The van der Waals surface area contributed by atoms with Crippen LogP contribution in [0.5, 0.6) is 6.01 Å². The molecule has 0 fully saturated rings. The normalized spacial score (nSPS) is 16.8. The third-order valence-corrected chi connectivity index (χ3v) is 5.35. The number of aromatic nitrogens is 4. The van der Waals surface area contributed by atoms with E-state index in [0.29, 0.717) is 25.6 Å². The van der Waals surface area contributed by atoms with Crippen LogP contribution in [-0.4, -0.2) is 43.2 Å². The highest BCUT2D eigenvalue weighted by molar-refractivity contribution is 7.12. The number of carbonyl (C=O) groups is 1. The SMILES string of the molecule is Cc1ccnc(OC2CN(C(=O)c3sccc3C)Cc3ccnn3C2)n1. The molecule has 1 aliphatic rings. The van der Waals surface area contributed by atoms with Crippen LogP contribution in [0.2, 0.25) is 0 Å². The Morgan fingerprint density at radius 1 is 1.23 bits per heavy atom. The van der Waals surface area contributed by atoms with Gasteiger partial charge in [0.05, 0.1) is 30.2 Å². The maximum atomic E-state index is 13.0. The van der Waals surface area contributed by atoms with E-state index in [4.69, 9.17) is 4.74 Å². The minimum atomic E-state index is -0.276. The summed E-state index contributed by atoms with van der Waals surface area (Å²) < 4.78 is 7.88. The number of carbonyl (C=O) groups excluding carboxylic acids is 1. The predicted octanol–water partition coefficient (Wildman–Crippen LogP) is 2.46. The fourth-order valence-corrected chi connectivity index (χ4v) is 3.90. The average Bonchev–Trinajstić information content (AvgIpc) is 3.19. The van der Waals surface area contributed by atoms with Crippen LogP contribution in [0.15, 0.2) is 36.0 Å². The molecule has 0 radical (unpaired) electrons. The van der Waals surface area contributed by atoms with E-state index in [-0.39, 0.29) is 12.0 Å². The third-order valence-electron chi connectivity index (χ3n) is 4.35. The molecule has 0 spiro atoms. The van der Waals surface area contributed by atoms with E-state index >= 15 is 0 Å². The average molecular weight is 369 g/mol. The fraction of sp³-hybridized carbons (Fsp3) is 0.333. The van der Waals surface area contributed by atoms with Crippen molar-refractivity contribution in [3.05, 3.63) is 57.8 Å². The fourth-order valence-electron chi connectivity index (χ4n) is 3.01. The number of rotatable bonds is 3. The number of amides is 1. The van der Waals surface area contributed by atoms with Gasteiger partial charge in [0.15, 0.2) is 0 Å². The smallest absolute Gasteiger partial charge is 0.316 e. The van der Waals surface area contributed by atoms with E-state index < -0.39 is 0 Å². The molecule has 0 aliphatic carbocycles. The van der Waals surface area contributed by atoms with E-state index in [2.05, 4.69) is 15.1 Å². The molecule has 4 rings (SSSR count). The molecule has 1 unspecified atom stereocenters. The second-order valence-corrected chi connectivity index (χ2v) is 7.26. The topological polar surface area (TPSA) is 73.1 Å². The third kappa shape index (κ3) is 3.32. The van der Waals surface area contributed by atoms with Crippen LogP contribution in [-0.2, 0) is 13.1 Å². The quantitative estimate of drug-likeness (QED) is 0.709. The summed E-state index contributed by atoms with van der Waals surface area (Å²) in [6.07, 6.45) is 3.15. The zero-order chi connectivity index (χ0) is 18.1. The molecule has 4 heterocycles. The van der Waals surface area contributed by atoms with Crippen molar-refractivity contribution in [2.24, 2.45) is 0 Å². The molecule has 0 bridgehead atoms. The van der Waals surface area contributed by atoms with Gasteiger partial charge in [-0.2, -0.15) is 5.10 Å². The number of ether oxygens (including phenoxy) is 1. The molecular weight excluding hydrogens is 350 g/mol. The Morgan fingerprint density at radius 3 is 2.88 bits per heavy atom. The van der Waals surface area contributed by atoms with E-state index in [1.807, 2.05) is 47.0 Å². The van der Waals surface area contributed by atoms with Crippen LogP contribution in [0.1, 0.15) is 26.6 Å². The first-order chi connectivity index (χ1) is 12.6. The summed E-state index contributed by atoms with van der Waals surface area (Å²) >= 11 is 1.47. The number of hydrogen-bond acceptors (Lipinski definition) is 6. The van der Waals surface area contributed by atoms with E-state index in [1.54, 1.807) is 12.4 Å². The minimum absolute atomic E-state index is 0.0194. The van der Waals surface area contributed by atoms with Gasteiger partial charge in [0.25, 0.3) is 5.91 Å². The van der Waals surface area contributed by atoms with E-state index in [9.17, 15) is 4.79 Å². The highest BCUT2D eigenvalue weighted by atomic mass is 32.1. The van der Waals surface area contributed by atoms with Gasteiger partial charge >= 0.3 is 6.01 Å². The van der Waals surface area contributed by atoms with Gasteiger partial charge in [0.2, 0.25) is 0 Å². The number of aryl methyl sites for hydroxylation is 2. The van der Waals surface area contributed by atoms with Crippen LogP contribution in [0.3, 0.4) is 0 Å². The van der Waals surface area contributed by atoms with Gasteiger partial charge in [-0.25, -0.2) is 9.97 Å². The summed E-state index contributed by atoms with van der Waals surface area (Å²) in [4.78, 5) is 24.1. The Labute approximate surface area is 155 Å². The monoisotopic (exact) mass is 369 g/mol.